The summed E-state index contributed by atoms with van der Waals surface area (Å²) in [6.45, 7) is 3.53. The fraction of sp³-hybridized carbons (Fsp3) is 0.233. The zero-order chi connectivity index (χ0) is 27.2. The van der Waals surface area contributed by atoms with Crippen molar-refractivity contribution in [3.05, 3.63) is 90.9 Å². The molecule has 5 aromatic rings. The Labute approximate surface area is 231 Å². The molecule has 4 N–H and O–H groups in total. The minimum Gasteiger partial charge on any atom is -0.383 e. The number of amides is 1. The van der Waals surface area contributed by atoms with Crippen LogP contribution in [0.5, 0.6) is 0 Å². The van der Waals surface area contributed by atoms with Gasteiger partial charge < -0.3 is 16.4 Å². The van der Waals surface area contributed by atoms with Gasteiger partial charge in [0.25, 0.3) is 0 Å². The molecule has 2 aliphatic rings. The Bertz CT molecular complexity index is 1730. The minimum absolute atomic E-state index is 0.104. The number of carbonyl (C=O) groups is 1. The first kappa shape index (κ1) is 24.2. The van der Waals surface area contributed by atoms with E-state index in [2.05, 4.69) is 50.1 Å². The van der Waals surface area contributed by atoms with E-state index in [1.807, 2.05) is 36.5 Å². The molecule has 1 amide bonds. The molecule has 1 fully saturated rings. The second-order valence-electron chi connectivity index (χ2n) is 10.4. The van der Waals surface area contributed by atoms with Crippen LogP contribution in [0, 0.1) is 0 Å². The second kappa shape index (κ2) is 9.73. The molecule has 200 valence electrons. The van der Waals surface area contributed by atoms with Crippen molar-refractivity contribution in [1.82, 2.24) is 39.9 Å². The molecule has 0 bridgehead atoms. The highest BCUT2D eigenvalue weighted by molar-refractivity contribution is 5.87. The van der Waals surface area contributed by atoms with Gasteiger partial charge in [-0.1, -0.05) is 12.6 Å². The van der Waals surface area contributed by atoms with Gasteiger partial charge in [-0.25, -0.2) is 19.6 Å². The van der Waals surface area contributed by atoms with Gasteiger partial charge in [0.2, 0.25) is 5.91 Å². The van der Waals surface area contributed by atoms with Crippen molar-refractivity contribution in [2.75, 3.05) is 5.73 Å². The van der Waals surface area contributed by atoms with E-state index in [9.17, 15) is 4.79 Å². The minimum atomic E-state index is -0.104. The summed E-state index contributed by atoms with van der Waals surface area (Å²) in [5.74, 6) is 1.71. The Morgan fingerprint density at radius 3 is 2.77 bits per heavy atom. The number of benzene rings is 1. The van der Waals surface area contributed by atoms with Gasteiger partial charge in [-0.15, -0.1) is 0 Å². The molecule has 10 heteroatoms. The van der Waals surface area contributed by atoms with E-state index in [4.69, 9.17) is 15.7 Å². The number of rotatable bonds is 7. The van der Waals surface area contributed by atoms with E-state index in [0.717, 1.165) is 48.1 Å². The third-order valence-corrected chi connectivity index (χ3v) is 7.88. The summed E-state index contributed by atoms with van der Waals surface area (Å²) < 4.78 is 3.80. The SMILES string of the molecule is C=CC(=O)NC1CC(NC2CCc3cc(-n4c(-c5cccnc5N)nc5ccc(-n6cccn6)nc54)ccc32)C1. The van der Waals surface area contributed by atoms with Crippen molar-refractivity contribution in [2.24, 2.45) is 0 Å². The molecule has 0 saturated heterocycles. The fourth-order valence-corrected chi connectivity index (χ4v) is 5.84. The number of hydrogen-bond donors (Lipinski definition) is 3. The van der Waals surface area contributed by atoms with Crippen LogP contribution in [0.25, 0.3) is 34.1 Å². The number of hydrogen-bond acceptors (Lipinski definition) is 7. The van der Waals surface area contributed by atoms with E-state index in [0.29, 0.717) is 29.5 Å². The van der Waals surface area contributed by atoms with Crippen molar-refractivity contribution < 1.29 is 4.79 Å². The number of pyridine rings is 2. The highest BCUT2D eigenvalue weighted by atomic mass is 16.1. The summed E-state index contributed by atoms with van der Waals surface area (Å²) >= 11 is 0. The smallest absolute Gasteiger partial charge is 0.243 e. The Morgan fingerprint density at radius 1 is 1.07 bits per heavy atom. The molecular formula is C30H29N9O. The molecule has 0 radical (unpaired) electrons. The Hall–Kier alpha value is -4.83. The lowest BCUT2D eigenvalue weighted by Crippen LogP contribution is -2.52. The first-order valence-electron chi connectivity index (χ1n) is 13.5. The molecule has 0 aliphatic heterocycles. The third-order valence-electron chi connectivity index (χ3n) is 7.88. The van der Waals surface area contributed by atoms with E-state index in [1.54, 1.807) is 17.1 Å². The number of aryl methyl sites for hydroxylation is 1. The molecule has 4 heterocycles. The summed E-state index contributed by atoms with van der Waals surface area (Å²) in [5, 5.41) is 11.1. The predicted molar refractivity (Wildman–Crippen MR) is 153 cm³/mol. The van der Waals surface area contributed by atoms with Crippen molar-refractivity contribution in [3.63, 3.8) is 0 Å². The van der Waals surface area contributed by atoms with Gasteiger partial charge in [-0.05, 0) is 85.4 Å². The van der Waals surface area contributed by atoms with Crippen LogP contribution in [0.15, 0.2) is 79.8 Å². The number of fused-ring (bicyclic) bond motifs is 2. The van der Waals surface area contributed by atoms with Crippen LogP contribution >= 0.6 is 0 Å². The van der Waals surface area contributed by atoms with Gasteiger partial charge in [0.15, 0.2) is 17.3 Å². The average Bonchev–Trinajstić information content (AvgIpc) is 3.70. The number of carbonyl (C=O) groups excluding carboxylic acids is 1. The normalized spacial score (nSPS) is 19.8. The van der Waals surface area contributed by atoms with Crippen molar-refractivity contribution in [1.29, 1.82) is 0 Å². The molecule has 1 aromatic carbocycles. The number of nitrogens with one attached hydrogen (secondary N) is 2. The number of imidazole rings is 1. The lowest BCUT2D eigenvalue weighted by molar-refractivity contribution is -0.117. The number of nitrogens with two attached hydrogens (primary N) is 1. The number of nitrogens with zero attached hydrogens (tertiary/aromatic N) is 6. The maximum Gasteiger partial charge on any atom is 0.243 e. The number of aromatic nitrogens is 6. The zero-order valence-electron chi connectivity index (χ0n) is 21.9. The highest BCUT2D eigenvalue weighted by Gasteiger charge is 2.33. The summed E-state index contributed by atoms with van der Waals surface area (Å²) in [6.07, 6.45) is 10.5. The number of nitrogen functional groups attached to an aromatic ring is 1. The van der Waals surface area contributed by atoms with Crippen LogP contribution in [0.4, 0.5) is 5.82 Å². The molecule has 4 aromatic heterocycles. The largest absolute Gasteiger partial charge is 0.383 e. The molecule has 1 atom stereocenters. The fourth-order valence-electron chi connectivity index (χ4n) is 5.84. The lowest BCUT2D eigenvalue weighted by atomic mass is 9.85. The van der Waals surface area contributed by atoms with Gasteiger partial charge in [-0.2, -0.15) is 5.10 Å². The summed E-state index contributed by atoms with van der Waals surface area (Å²) in [4.78, 5) is 25.8. The van der Waals surface area contributed by atoms with Crippen LogP contribution in [0.2, 0.25) is 0 Å². The first-order valence-corrected chi connectivity index (χ1v) is 13.5. The van der Waals surface area contributed by atoms with Crippen molar-refractivity contribution >= 4 is 22.9 Å². The molecule has 40 heavy (non-hydrogen) atoms. The van der Waals surface area contributed by atoms with E-state index < -0.39 is 0 Å². The molecule has 1 saturated carbocycles. The van der Waals surface area contributed by atoms with Gasteiger partial charge in [-0.3, -0.25) is 9.36 Å². The van der Waals surface area contributed by atoms with Crippen molar-refractivity contribution in [3.8, 4) is 22.9 Å². The molecule has 1 unspecified atom stereocenters. The van der Waals surface area contributed by atoms with Gasteiger partial charge in [0.05, 0.1) is 5.56 Å². The maximum atomic E-state index is 11.6. The van der Waals surface area contributed by atoms with Crippen LogP contribution in [-0.4, -0.2) is 47.3 Å². The van der Waals surface area contributed by atoms with Gasteiger partial charge in [0, 0.05) is 42.4 Å². The van der Waals surface area contributed by atoms with Crippen molar-refractivity contribution in [2.45, 2.75) is 43.8 Å². The Balaban J connectivity index is 1.24. The molecule has 7 rings (SSSR count). The Morgan fingerprint density at radius 2 is 1.98 bits per heavy atom. The third kappa shape index (κ3) is 4.22. The molecule has 2 aliphatic carbocycles. The van der Waals surface area contributed by atoms with Crippen LogP contribution in [0.1, 0.15) is 36.4 Å². The molecule has 10 nitrogen and oxygen atoms in total. The standard InChI is InChI=1S/C30H29N9O/c1-2-27(40)35-20-16-19(17-20)34-24-9-6-18-15-21(7-8-22(18)24)39-29(23-5-3-12-32-28(23)31)36-25-10-11-26(37-30(25)39)38-14-4-13-33-38/h2-5,7-8,10-15,19-20,24,34H,1,6,9,16-17H2,(H2,31,32)(H,35,40). The first-order chi connectivity index (χ1) is 19.6. The predicted octanol–water partition coefficient (Wildman–Crippen LogP) is 3.66. The highest BCUT2D eigenvalue weighted by Crippen LogP contribution is 2.37. The van der Waals surface area contributed by atoms with Crippen LogP contribution < -0.4 is 16.4 Å². The Kier molecular flexibility index (Phi) is 5.89. The van der Waals surface area contributed by atoms with Crippen LogP contribution in [-0.2, 0) is 11.2 Å². The van der Waals surface area contributed by atoms with Crippen LogP contribution in [0.3, 0.4) is 0 Å². The average molecular weight is 532 g/mol. The summed E-state index contributed by atoms with van der Waals surface area (Å²) in [6, 6.07) is 17.0. The topological polar surface area (TPSA) is 129 Å². The van der Waals surface area contributed by atoms with E-state index >= 15 is 0 Å². The van der Waals surface area contributed by atoms with E-state index in [1.165, 1.54) is 17.2 Å². The molecule has 0 spiro atoms. The lowest BCUT2D eigenvalue weighted by Gasteiger charge is -2.38. The molecular weight excluding hydrogens is 502 g/mol. The maximum absolute atomic E-state index is 11.6. The quantitative estimate of drug-likeness (QED) is 0.273. The second-order valence-corrected chi connectivity index (χ2v) is 10.4. The van der Waals surface area contributed by atoms with E-state index in [-0.39, 0.29) is 11.9 Å². The van der Waals surface area contributed by atoms with Gasteiger partial charge in [0.1, 0.15) is 11.3 Å². The monoisotopic (exact) mass is 531 g/mol. The number of anilines is 1. The zero-order valence-corrected chi connectivity index (χ0v) is 21.9. The summed E-state index contributed by atoms with van der Waals surface area (Å²) in [7, 11) is 0. The van der Waals surface area contributed by atoms with Gasteiger partial charge >= 0.3 is 0 Å². The summed E-state index contributed by atoms with van der Waals surface area (Å²) in [5.41, 5.74) is 12.1.